The standard InChI is InChI=1S/C56H42N4O12S4/c1-33-5-17-41(18-6-33)73(61,62)69-53-28-45-47(30-55(53)71-75(65,66)43-21-9-35(3)10-22-43)51-32-52-48-31-56(72-76(67,68)44-23-11-36(4)12-24-44)54(70-74(63,64)42-19-7-34(2)8-20-42)29-46(48)50(60-52)27-40-16-14-38(58-40)25-37-13-15-39(57-37)26-49(45)59-51/h5-32,57-58H,1-4H3. The van der Waals surface area contributed by atoms with Crippen LogP contribution < -0.4 is 16.7 Å². The van der Waals surface area contributed by atoms with E-state index in [0.29, 0.717) is 33.2 Å². The SMILES string of the molecule is Cc1ccc(S(=O)(=O)Oc2cc3c(cc2OS(=O)(=O)c2ccc(C)cc2)-c2cc4ccc(cc5ccc(cc6nc(cc-3n2)-c2cc(OS(=O)(=O)c3ccc(C)cc3)c(OS(=O)(=O)c3ccc(C)cc3)cc2-6)[nH]5)[nH]4)cc1. The first kappa shape index (κ1) is 49.6. The molecule has 0 fully saturated rings. The lowest BCUT2D eigenvalue weighted by Crippen LogP contribution is -2.14. The van der Waals surface area contributed by atoms with Crippen molar-refractivity contribution in [3.63, 3.8) is 0 Å². The number of aryl methyl sites for hydroxylation is 4. The Balaban J connectivity index is 1.15. The summed E-state index contributed by atoms with van der Waals surface area (Å²) in [5.74, 6) is -1.93. The molecule has 0 aliphatic carbocycles. The topological polar surface area (TPSA) is 231 Å². The summed E-state index contributed by atoms with van der Waals surface area (Å²) >= 11 is 0. The first-order chi connectivity index (χ1) is 36.1. The van der Waals surface area contributed by atoms with Gasteiger partial charge in [-0.25, -0.2) is 9.97 Å². The predicted octanol–water partition coefficient (Wildman–Crippen LogP) is 11.3. The normalized spacial score (nSPS) is 12.4. The second kappa shape index (κ2) is 18.7. The zero-order chi connectivity index (χ0) is 53.3. The van der Waals surface area contributed by atoms with Gasteiger partial charge in [-0.3, -0.25) is 0 Å². The van der Waals surface area contributed by atoms with E-state index in [0.717, 1.165) is 22.3 Å². The lowest BCUT2D eigenvalue weighted by molar-refractivity contribution is 0.449. The number of aromatic nitrogens is 4. The Morgan fingerprint density at radius 3 is 0.763 bits per heavy atom. The van der Waals surface area contributed by atoms with Gasteiger partial charge in [-0.05, 0) is 149 Å². The highest BCUT2D eigenvalue weighted by Gasteiger charge is 2.32. The van der Waals surface area contributed by atoms with Crippen molar-refractivity contribution in [2.24, 2.45) is 0 Å². The molecular formula is C56H42N4O12S4. The molecule has 76 heavy (non-hydrogen) atoms. The van der Waals surface area contributed by atoms with Gasteiger partial charge in [0.05, 0.1) is 22.8 Å². The Morgan fingerprint density at radius 1 is 0.289 bits per heavy atom. The molecule has 2 aliphatic heterocycles. The summed E-state index contributed by atoms with van der Waals surface area (Å²) < 4.78 is 135. The van der Waals surface area contributed by atoms with Gasteiger partial charge >= 0.3 is 40.5 Å². The third kappa shape index (κ3) is 9.93. The molecule has 9 aromatic rings. The maximum atomic E-state index is 14.0. The highest BCUT2D eigenvalue weighted by atomic mass is 32.2. The fourth-order valence-electron chi connectivity index (χ4n) is 8.44. The number of hydrogen-bond acceptors (Lipinski definition) is 14. The van der Waals surface area contributed by atoms with E-state index >= 15 is 0 Å². The minimum Gasteiger partial charge on any atom is -0.375 e. The second-order valence-corrected chi connectivity index (χ2v) is 24.4. The third-order valence-electron chi connectivity index (χ3n) is 12.4. The smallest absolute Gasteiger partial charge is 0.339 e. The van der Waals surface area contributed by atoms with Crippen molar-refractivity contribution in [2.45, 2.75) is 47.3 Å². The Labute approximate surface area is 437 Å². The maximum Gasteiger partial charge on any atom is 0.339 e. The van der Waals surface area contributed by atoms with Crippen LogP contribution in [0.2, 0.25) is 0 Å². The molecule has 0 unspecified atom stereocenters. The Hall–Kier alpha value is -8.56. The van der Waals surface area contributed by atoms with Crippen LogP contribution in [0.3, 0.4) is 0 Å². The monoisotopic (exact) mass is 1090 g/mol. The van der Waals surface area contributed by atoms with Gasteiger partial charge in [0.2, 0.25) is 0 Å². The summed E-state index contributed by atoms with van der Waals surface area (Å²) in [5, 5.41) is 0. The summed E-state index contributed by atoms with van der Waals surface area (Å²) in [5.41, 5.74) is 7.70. The Kier molecular flexibility index (Phi) is 12.2. The molecule has 2 aliphatic rings. The van der Waals surface area contributed by atoms with E-state index in [-0.39, 0.29) is 53.5 Å². The van der Waals surface area contributed by atoms with E-state index in [2.05, 4.69) is 9.97 Å². The molecule has 0 saturated carbocycles. The summed E-state index contributed by atoms with van der Waals surface area (Å²) in [6.45, 7) is 7.15. The molecule has 0 radical (unpaired) electrons. The molecule has 382 valence electrons. The van der Waals surface area contributed by atoms with Crippen molar-refractivity contribution < 1.29 is 50.4 Å². The van der Waals surface area contributed by atoms with Crippen LogP contribution in [0.4, 0.5) is 0 Å². The molecule has 0 amide bonds. The Morgan fingerprint density at radius 2 is 0.513 bits per heavy atom. The van der Waals surface area contributed by atoms with Crippen LogP contribution in [0, 0.1) is 27.7 Å². The van der Waals surface area contributed by atoms with E-state index < -0.39 is 63.5 Å². The molecule has 16 nitrogen and oxygen atoms in total. The van der Waals surface area contributed by atoms with Gasteiger partial charge in [0.1, 0.15) is 19.6 Å². The number of benzene rings is 6. The van der Waals surface area contributed by atoms with Crippen molar-refractivity contribution in [1.29, 1.82) is 0 Å². The van der Waals surface area contributed by atoms with Crippen molar-refractivity contribution in [2.75, 3.05) is 0 Å². The van der Waals surface area contributed by atoms with Gasteiger partial charge in [0, 0.05) is 44.3 Å². The summed E-state index contributed by atoms with van der Waals surface area (Å²) in [4.78, 5) is 15.9. The number of hydrogen-bond donors (Lipinski definition) is 2. The maximum absolute atomic E-state index is 14.0. The fraction of sp³-hybridized carbons (Fsp3) is 0.0714. The molecule has 20 heteroatoms. The number of rotatable bonds is 12. The molecule has 5 heterocycles. The molecule has 2 N–H and O–H groups in total. The average Bonchev–Trinajstić information content (AvgIpc) is 4.16. The van der Waals surface area contributed by atoms with Crippen LogP contribution in [-0.4, -0.2) is 53.6 Å². The first-order valence-electron chi connectivity index (χ1n) is 23.3. The number of fused-ring (bicyclic) bond motifs is 14. The van der Waals surface area contributed by atoms with Crippen molar-refractivity contribution in [3.8, 4) is 68.0 Å². The fourth-order valence-corrected chi connectivity index (χ4v) is 12.2. The molecule has 0 saturated heterocycles. The molecule has 0 atom stereocenters. The summed E-state index contributed by atoms with van der Waals surface area (Å²) in [7, 11) is -18.5. The predicted molar refractivity (Wildman–Crippen MR) is 286 cm³/mol. The van der Waals surface area contributed by atoms with Crippen LogP contribution in [0.15, 0.2) is 189 Å². The zero-order valence-electron chi connectivity index (χ0n) is 40.6. The van der Waals surface area contributed by atoms with Gasteiger partial charge in [-0.2, -0.15) is 33.7 Å². The average molecular weight is 1090 g/mol. The quantitative estimate of drug-likeness (QED) is 0.108. The van der Waals surface area contributed by atoms with Crippen LogP contribution in [0.5, 0.6) is 23.0 Å². The van der Waals surface area contributed by atoms with Gasteiger partial charge in [-0.1, -0.05) is 70.8 Å². The largest absolute Gasteiger partial charge is 0.375 e. The summed E-state index contributed by atoms with van der Waals surface area (Å²) in [6, 6.07) is 43.0. The van der Waals surface area contributed by atoms with Crippen LogP contribution in [-0.2, 0) is 40.5 Å². The third-order valence-corrected chi connectivity index (χ3v) is 17.4. The second-order valence-electron chi connectivity index (χ2n) is 18.2. The van der Waals surface area contributed by atoms with Crippen LogP contribution in [0.25, 0.3) is 67.1 Å². The number of nitrogens with one attached hydrogen (secondary N) is 2. The first-order valence-corrected chi connectivity index (χ1v) is 28.9. The van der Waals surface area contributed by atoms with Crippen molar-refractivity contribution in [3.05, 3.63) is 192 Å². The molecule has 6 aromatic carbocycles. The summed E-state index contributed by atoms with van der Waals surface area (Å²) in [6.07, 6.45) is 0. The van der Waals surface area contributed by atoms with Crippen molar-refractivity contribution >= 4 is 62.5 Å². The number of H-pyrrole nitrogens is 2. The van der Waals surface area contributed by atoms with Gasteiger partial charge in [0.25, 0.3) is 0 Å². The zero-order valence-corrected chi connectivity index (χ0v) is 43.9. The van der Waals surface area contributed by atoms with Crippen LogP contribution >= 0.6 is 0 Å². The minimum absolute atomic E-state index is 0.169. The lowest BCUT2D eigenvalue weighted by Gasteiger charge is -2.15. The Bertz CT molecular complexity index is 4200. The number of nitrogens with zero attached hydrogens (tertiary/aromatic N) is 2. The molecule has 0 spiro atoms. The molecular weight excluding hydrogens is 1050 g/mol. The van der Waals surface area contributed by atoms with Gasteiger partial charge < -0.3 is 26.7 Å². The molecule has 8 bridgehead atoms. The highest BCUT2D eigenvalue weighted by Crippen LogP contribution is 2.48. The van der Waals surface area contributed by atoms with E-state index in [4.69, 9.17) is 26.7 Å². The lowest BCUT2D eigenvalue weighted by atomic mass is 10.0. The minimum atomic E-state index is -4.64. The van der Waals surface area contributed by atoms with E-state index in [1.54, 1.807) is 94.4 Å². The van der Waals surface area contributed by atoms with Gasteiger partial charge in [0.15, 0.2) is 23.0 Å². The number of aromatic amines is 2. The van der Waals surface area contributed by atoms with Crippen LogP contribution in [0.1, 0.15) is 22.3 Å². The van der Waals surface area contributed by atoms with E-state index in [9.17, 15) is 33.7 Å². The molecule has 3 aromatic heterocycles. The van der Waals surface area contributed by atoms with Gasteiger partial charge in [-0.15, -0.1) is 0 Å². The van der Waals surface area contributed by atoms with Crippen molar-refractivity contribution in [1.82, 2.24) is 19.9 Å². The highest BCUT2D eigenvalue weighted by molar-refractivity contribution is 7.88. The molecule has 11 rings (SSSR count). The van der Waals surface area contributed by atoms with E-state index in [1.807, 2.05) is 30.3 Å². The van der Waals surface area contributed by atoms with E-state index in [1.165, 1.54) is 72.8 Å².